The lowest BCUT2D eigenvalue weighted by molar-refractivity contribution is -0.131. The van der Waals surface area contributed by atoms with Crippen LogP contribution in [-0.2, 0) is 14.4 Å². The van der Waals surface area contributed by atoms with Crippen molar-refractivity contribution >= 4 is 178 Å². The summed E-state index contributed by atoms with van der Waals surface area (Å²) in [6.45, 7) is 40.0. The summed E-state index contributed by atoms with van der Waals surface area (Å²) < 4.78 is 109. The molecule has 0 bridgehead atoms. The molecule has 3 aliphatic rings. The monoisotopic (exact) mass is 2080 g/mol. The number of nitriles is 3. The summed E-state index contributed by atoms with van der Waals surface area (Å²) >= 11 is 51.3. The van der Waals surface area contributed by atoms with Crippen molar-refractivity contribution in [2.24, 2.45) is 0 Å². The number of carbonyl (C=O) groups excluding carboxylic acids is 3. The molecule has 6 N–H and O–H groups in total. The number of rotatable bonds is 15. The molecule has 0 spiro atoms. The van der Waals surface area contributed by atoms with Crippen LogP contribution >= 0.6 is 92.8 Å². The highest BCUT2D eigenvalue weighted by Gasteiger charge is 2.42. The molecule has 0 saturated carbocycles. The second-order valence-electron chi connectivity index (χ2n) is 35.3. The van der Waals surface area contributed by atoms with E-state index >= 15 is 13.2 Å². The minimum Gasteiger partial charge on any atom is -0.394 e. The third-order valence-electron chi connectivity index (χ3n) is 24.9. The van der Waals surface area contributed by atoms with E-state index in [9.17, 15) is 62.1 Å². The van der Waals surface area contributed by atoms with Crippen LogP contribution in [0.1, 0.15) is 151 Å². The molecule has 3 fully saturated rings. The molecule has 0 aliphatic carbocycles. The zero-order valence-corrected chi connectivity index (χ0v) is 84.4. The van der Waals surface area contributed by atoms with Crippen LogP contribution < -0.4 is 48.6 Å². The Morgan fingerprint density at radius 2 is 0.617 bits per heavy atom. The van der Waals surface area contributed by atoms with Crippen LogP contribution in [0.5, 0.6) is 0 Å². The van der Waals surface area contributed by atoms with Crippen molar-refractivity contribution in [2.75, 3.05) is 71.2 Å². The van der Waals surface area contributed by atoms with Crippen molar-refractivity contribution in [2.45, 2.75) is 158 Å². The van der Waals surface area contributed by atoms with Gasteiger partial charge in [0.2, 0.25) is 17.7 Å². The fourth-order valence-corrected chi connectivity index (χ4v) is 20.7. The molecule has 3 saturated heterocycles. The quantitative estimate of drug-likeness (QED) is 0.0282. The first kappa shape index (κ1) is 105. The van der Waals surface area contributed by atoms with E-state index < -0.39 is 122 Å². The lowest BCUT2D eigenvalue weighted by atomic mass is 10.0. The maximum atomic E-state index is 15.6. The van der Waals surface area contributed by atoms with Gasteiger partial charge in [-0.15, -0.1) is 0 Å². The highest BCUT2D eigenvalue weighted by molar-refractivity contribution is 6.46. The number of carbonyl (C=O) groups is 3. The molecule has 0 unspecified atom stereocenters. The van der Waals surface area contributed by atoms with E-state index in [0.29, 0.717) is 50.8 Å². The van der Waals surface area contributed by atoms with E-state index in [4.69, 9.17) is 120 Å². The van der Waals surface area contributed by atoms with Crippen molar-refractivity contribution in [3.05, 3.63) is 255 Å². The number of aryl methyl sites for hydroxylation is 3. The van der Waals surface area contributed by atoms with Gasteiger partial charge in [-0.1, -0.05) is 154 Å². The Kier molecular flexibility index (Phi) is 30.8. The minimum absolute atomic E-state index is 0.000731. The molecule has 0 radical (unpaired) electrons. The van der Waals surface area contributed by atoms with E-state index in [0.717, 1.165) is 0 Å². The van der Waals surface area contributed by atoms with Gasteiger partial charge in [-0.2, -0.15) is 15.8 Å². The Labute approximate surface area is 844 Å². The summed E-state index contributed by atoms with van der Waals surface area (Å²) in [6.07, 6.45) is 8.52. The normalized spacial score (nSPS) is 16.6. The SMILES string of the molecule is C=CC(=O)N1[C@H](C)CN(c2c(C#N)c(=O)n(-c3c(C)ccnc3C(C)C)c3nc(-c4c(F)c(N)c(F)c(Cl)c4Cl)c(Cl)cc23)C[C@@H]1C.C=CC(=O)N1[C@H](C)CN(c2c(C#N)c(=O)n(-c3c(C)ccnc3C(C)C)c3nc(-c4c(F)c(N)c(F)c(Cl)c4Cl)c(Cl)cc23)C[C@@H]1C.C=CC(=O)N1[C@H](C)CN(c2c(C#N)c(=O)n(-c3c(C)ccnc3C(C)C)c3nc(-c4c(F)c(N)c(F)c(F)c4Cl)c(Cl)cc23)C[C@@H]1C. The van der Waals surface area contributed by atoms with E-state index in [1.54, 1.807) is 77.2 Å². The molecule has 12 heterocycles. The maximum absolute atomic E-state index is 15.6. The summed E-state index contributed by atoms with van der Waals surface area (Å²) in [6, 6.07) is 13.6. The topological polar surface area (TPSA) is 363 Å². The largest absolute Gasteiger partial charge is 0.394 e. The Morgan fingerprint density at radius 1 is 0.383 bits per heavy atom. The number of nitrogens with zero attached hydrogens (tertiary/aromatic N) is 18. The number of aromatic nitrogens is 9. The van der Waals surface area contributed by atoms with Gasteiger partial charge in [0.15, 0.2) is 40.7 Å². The molecular weight excluding hydrogens is 2000 g/mol. The fraction of sp³-hybridized carbons (Fsp3) is 0.303. The number of amides is 3. The highest BCUT2D eigenvalue weighted by Crippen LogP contribution is 2.50. The molecule has 6 atom stereocenters. The standard InChI is InChI=1S/2C33H30Cl3F2N7O2.C33H30Cl2F3N7O2/c2*1-7-21(46)44-16(5)12-43(13-17(44)6)31-18-10-20(34)29(22-23(35)24(36)26(38)27(40)25(22)37)42-32(18)45(33(47)19(31)11-39)30-15(4)8-9-41-28(30)14(2)3;1-7-21(46)44-16(5)12-43(13-17(44)6)31-18-10-20(34)29(22-23(35)25(37)26(38)27(40)24(22)36)42-32(18)45(33(47)19(31)11-39)30-15(4)8-9-41-28(30)14(2)3/h3*7-10,14,16-17H,1,12-13,40H2,2-6H3/t3*16-,17+. The number of fused-ring (bicyclic) bond motifs is 3. The van der Waals surface area contributed by atoms with E-state index in [-0.39, 0.29) is 204 Å². The zero-order valence-electron chi connectivity index (χ0n) is 78.4. The Morgan fingerprint density at radius 3 is 0.844 bits per heavy atom. The summed E-state index contributed by atoms with van der Waals surface area (Å²) in [4.78, 5) is 120. The maximum Gasteiger partial charge on any atom is 0.276 e. The van der Waals surface area contributed by atoms with Crippen molar-refractivity contribution < 1.29 is 45.1 Å². The Bertz CT molecular complexity index is 6860. The number of halogens is 15. The number of hydrogen-bond donors (Lipinski definition) is 3. The molecule has 42 heteroatoms. The van der Waals surface area contributed by atoms with Crippen LogP contribution in [0.4, 0.5) is 64.9 Å². The van der Waals surface area contributed by atoms with Crippen LogP contribution in [0.15, 0.2) is 107 Å². The van der Waals surface area contributed by atoms with Crippen molar-refractivity contribution in [1.29, 1.82) is 15.8 Å². The minimum atomic E-state index is -1.67. The number of pyridine rings is 9. The third-order valence-corrected chi connectivity index (χ3v) is 27.8. The molecule has 27 nitrogen and oxygen atoms in total. The van der Waals surface area contributed by atoms with Gasteiger partial charge in [-0.25, -0.2) is 45.7 Å². The van der Waals surface area contributed by atoms with Crippen LogP contribution in [0.3, 0.4) is 0 Å². The summed E-state index contributed by atoms with van der Waals surface area (Å²) in [5.74, 6) is -10.9. The average molecular weight is 2090 g/mol. The van der Waals surface area contributed by atoms with Gasteiger partial charge in [0.25, 0.3) is 16.7 Å². The van der Waals surface area contributed by atoms with Crippen LogP contribution in [-0.4, -0.2) is 152 Å². The summed E-state index contributed by atoms with van der Waals surface area (Å²) in [7, 11) is 0. The van der Waals surface area contributed by atoms with Gasteiger partial charge < -0.3 is 46.6 Å². The first-order valence-electron chi connectivity index (χ1n) is 43.9. The van der Waals surface area contributed by atoms with Crippen LogP contribution in [0, 0.1) is 95.5 Å². The van der Waals surface area contributed by atoms with Gasteiger partial charge in [0.1, 0.15) is 68.9 Å². The van der Waals surface area contributed by atoms with Gasteiger partial charge in [0, 0.05) is 110 Å². The third kappa shape index (κ3) is 18.3. The number of piperazine rings is 3. The van der Waals surface area contributed by atoms with Crippen LogP contribution in [0.2, 0.25) is 40.2 Å². The van der Waals surface area contributed by atoms with Crippen LogP contribution in [0.25, 0.3) is 83.9 Å². The molecule has 141 heavy (non-hydrogen) atoms. The molecule has 732 valence electrons. The first-order valence-corrected chi connectivity index (χ1v) is 46.9. The predicted molar refractivity (Wildman–Crippen MR) is 540 cm³/mol. The fourth-order valence-electron chi connectivity index (χ4n) is 18.8. The molecular formula is C99H90Cl8F7N21O6. The predicted octanol–water partition coefficient (Wildman–Crippen LogP) is 21.0. The van der Waals surface area contributed by atoms with Crippen molar-refractivity contribution in [3.8, 4) is 69.0 Å². The van der Waals surface area contributed by atoms with Crippen molar-refractivity contribution in [1.82, 2.24) is 58.3 Å². The number of hydrogen-bond acceptors (Lipinski definition) is 21. The number of nitrogen functional groups attached to an aromatic ring is 3. The molecule has 3 aliphatic heterocycles. The second-order valence-corrected chi connectivity index (χ2v) is 38.5. The summed E-state index contributed by atoms with van der Waals surface area (Å²) in [5.41, 5.74) is 13.9. The van der Waals surface area contributed by atoms with Gasteiger partial charge in [0.05, 0.1) is 125 Å². The molecule has 3 aromatic carbocycles. The van der Waals surface area contributed by atoms with Gasteiger partial charge in [-0.05, 0) is 151 Å². The number of benzene rings is 3. The van der Waals surface area contributed by atoms with E-state index in [2.05, 4.69) is 57.9 Å². The second kappa shape index (κ2) is 41.2. The molecule has 12 aromatic rings. The smallest absolute Gasteiger partial charge is 0.276 e. The Hall–Kier alpha value is -13.1. The van der Waals surface area contributed by atoms with Crippen molar-refractivity contribution in [3.63, 3.8) is 0 Å². The number of nitrogens with two attached hydrogens (primary N) is 3. The Balaban J connectivity index is 0.000000178. The lowest BCUT2D eigenvalue weighted by Gasteiger charge is -2.45. The average Bonchev–Trinajstić information content (AvgIpc) is 0.725. The van der Waals surface area contributed by atoms with Gasteiger partial charge >= 0.3 is 0 Å². The molecule has 15 rings (SSSR count). The van der Waals surface area contributed by atoms with E-state index in [1.807, 2.05) is 92.9 Å². The van der Waals surface area contributed by atoms with Gasteiger partial charge in [-0.3, -0.25) is 57.4 Å². The lowest BCUT2D eigenvalue weighted by Crippen LogP contribution is -2.58. The summed E-state index contributed by atoms with van der Waals surface area (Å²) in [5, 5.41) is 28.6. The number of anilines is 6. The highest BCUT2D eigenvalue weighted by atomic mass is 35.5. The molecule has 9 aromatic heterocycles. The molecule has 3 amide bonds. The van der Waals surface area contributed by atoms with E-state index in [1.165, 1.54) is 50.1 Å². The first-order chi connectivity index (χ1) is 66.5. The zero-order chi connectivity index (χ0) is 104.